The fourth-order valence-electron chi connectivity index (χ4n) is 5.54. The lowest BCUT2D eigenvalue weighted by Crippen LogP contribution is -2.18. The van der Waals surface area contributed by atoms with E-state index in [4.69, 9.17) is 4.98 Å². The third-order valence-electron chi connectivity index (χ3n) is 6.01. The van der Waals surface area contributed by atoms with Crippen LogP contribution in [0.4, 0.5) is 0 Å². The van der Waals surface area contributed by atoms with Crippen molar-refractivity contribution in [2.75, 3.05) is 0 Å². The van der Waals surface area contributed by atoms with E-state index in [0.29, 0.717) is 0 Å². The molecular weight excluding hydrogens is 304 g/mol. The molecule has 0 N–H and O–H groups in total. The van der Waals surface area contributed by atoms with Crippen LogP contribution in [0.2, 0.25) is 0 Å². The molecule has 0 saturated heterocycles. The highest BCUT2D eigenvalue weighted by Crippen LogP contribution is 2.53. The number of aromatic nitrogens is 2. The van der Waals surface area contributed by atoms with Gasteiger partial charge in [0.15, 0.2) is 0 Å². The van der Waals surface area contributed by atoms with E-state index < -0.39 is 0 Å². The van der Waals surface area contributed by atoms with E-state index in [0.717, 1.165) is 11.2 Å². The number of fused-ring (bicyclic) bond motifs is 7. The van der Waals surface area contributed by atoms with Crippen molar-refractivity contribution in [2.45, 2.75) is 51.9 Å². The van der Waals surface area contributed by atoms with E-state index >= 15 is 0 Å². The molecule has 0 radical (unpaired) electrons. The molecule has 5 rings (SSSR count). The van der Waals surface area contributed by atoms with Crippen molar-refractivity contribution in [3.63, 3.8) is 0 Å². The van der Waals surface area contributed by atoms with Crippen molar-refractivity contribution in [1.29, 1.82) is 0 Å². The summed E-state index contributed by atoms with van der Waals surface area (Å²) in [5.74, 6) is 0. The molecule has 2 heterocycles. The molecule has 126 valence electrons. The van der Waals surface area contributed by atoms with Gasteiger partial charge >= 0.3 is 0 Å². The number of imidazole rings is 1. The molecule has 2 aromatic carbocycles. The van der Waals surface area contributed by atoms with E-state index in [2.05, 4.69) is 81.6 Å². The smallest absolute Gasteiger partial charge is 0.145 e. The van der Waals surface area contributed by atoms with Crippen LogP contribution in [0.1, 0.15) is 50.8 Å². The summed E-state index contributed by atoms with van der Waals surface area (Å²) in [6.07, 6.45) is 3.38. The van der Waals surface area contributed by atoms with Crippen LogP contribution in [0.5, 0.6) is 0 Å². The highest BCUT2D eigenvalue weighted by atomic mass is 15.0. The highest BCUT2D eigenvalue weighted by Gasteiger charge is 2.44. The lowest BCUT2D eigenvalue weighted by molar-refractivity contribution is 0.403. The Hall–Kier alpha value is -2.35. The predicted molar refractivity (Wildman–Crippen MR) is 106 cm³/mol. The van der Waals surface area contributed by atoms with E-state index in [1.807, 2.05) is 0 Å². The molecule has 2 heteroatoms. The second-order valence-corrected chi connectivity index (χ2v) is 8.96. The van der Waals surface area contributed by atoms with Crippen LogP contribution < -0.4 is 0 Å². The van der Waals surface area contributed by atoms with Crippen LogP contribution in [0.25, 0.3) is 27.5 Å². The summed E-state index contributed by atoms with van der Waals surface area (Å²) in [7, 11) is 0. The molecule has 0 fully saturated rings. The topological polar surface area (TPSA) is 17.3 Å². The normalized spacial score (nSPS) is 18.3. The summed E-state index contributed by atoms with van der Waals surface area (Å²) < 4.78 is 2.32. The van der Waals surface area contributed by atoms with Crippen LogP contribution in [0.15, 0.2) is 42.6 Å². The first-order chi connectivity index (χ1) is 11.8. The molecule has 0 amide bonds. The zero-order valence-electron chi connectivity index (χ0n) is 15.6. The Bertz CT molecular complexity index is 1180. The quantitative estimate of drug-likeness (QED) is 0.392. The fourth-order valence-corrected chi connectivity index (χ4v) is 5.54. The standard InChI is InChI=1S/C23H24N2/c1-14-12-17-20(19-18(14)22(2,3)13-23(19,4)5)25-11-10-15-8-6-7-9-16(15)21(25)24-17/h6-12H,13H2,1-5H3. The zero-order chi connectivity index (χ0) is 17.6. The SMILES string of the molecule is Cc1cc2nc3c4ccccc4ccn3c2c2c1C(C)(C)CC2(C)C. The summed E-state index contributed by atoms with van der Waals surface area (Å²) in [4.78, 5) is 5.06. The minimum Gasteiger partial charge on any atom is -0.299 e. The number of benzene rings is 2. The molecule has 2 aromatic heterocycles. The number of hydrogen-bond donors (Lipinski definition) is 0. The Morgan fingerprint density at radius 1 is 0.960 bits per heavy atom. The Kier molecular flexibility index (Phi) is 2.65. The van der Waals surface area contributed by atoms with Gasteiger partial charge in [-0.15, -0.1) is 0 Å². The molecule has 2 nitrogen and oxygen atoms in total. The van der Waals surface area contributed by atoms with Crippen LogP contribution in [-0.2, 0) is 10.8 Å². The van der Waals surface area contributed by atoms with Crippen molar-refractivity contribution < 1.29 is 0 Å². The first-order valence-electron chi connectivity index (χ1n) is 9.14. The number of rotatable bonds is 0. The van der Waals surface area contributed by atoms with E-state index in [-0.39, 0.29) is 10.8 Å². The monoisotopic (exact) mass is 328 g/mol. The first kappa shape index (κ1) is 14.9. The van der Waals surface area contributed by atoms with Gasteiger partial charge in [-0.05, 0) is 58.4 Å². The molecule has 1 aliphatic carbocycles. The Morgan fingerprint density at radius 3 is 2.48 bits per heavy atom. The van der Waals surface area contributed by atoms with Crippen LogP contribution in [-0.4, -0.2) is 9.38 Å². The molecule has 0 atom stereocenters. The van der Waals surface area contributed by atoms with Crippen molar-refractivity contribution in [3.05, 3.63) is 59.3 Å². The van der Waals surface area contributed by atoms with Crippen molar-refractivity contribution >= 4 is 27.5 Å². The minimum absolute atomic E-state index is 0.157. The molecule has 0 unspecified atom stereocenters. The molecule has 0 aliphatic heterocycles. The molecule has 0 saturated carbocycles. The largest absolute Gasteiger partial charge is 0.299 e. The van der Waals surface area contributed by atoms with Gasteiger partial charge in [-0.2, -0.15) is 0 Å². The predicted octanol–water partition coefficient (Wildman–Crippen LogP) is 5.91. The summed E-state index contributed by atoms with van der Waals surface area (Å²) in [5, 5.41) is 2.47. The molecule has 1 aliphatic rings. The molecule has 0 spiro atoms. The Balaban J connectivity index is 2.05. The Morgan fingerprint density at radius 2 is 1.68 bits per heavy atom. The van der Waals surface area contributed by atoms with Crippen LogP contribution in [0.3, 0.4) is 0 Å². The van der Waals surface area contributed by atoms with Gasteiger partial charge in [0.1, 0.15) is 5.65 Å². The lowest BCUT2D eigenvalue weighted by atomic mass is 9.81. The summed E-state index contributed by atoms with van der Waals surface area (Å²) in [6, 6.07) is 13.0. The average Bonchev–Trinajstić information content (AvgIpc) is 2.99. The second kappa shape index (κ2) is 4.43. The third kappa shape index (κ3) is 1.83. The lowest BCUT2D eigenvalue weighted by Gasteiger charge is -2.23. The van der Waals surface area contributed by atoms with Crippen molar-refractivity contribution in [3.8, 4) is 0 Å². The van der Waals surface area contributed by atoms with Crippen LogP contribution in [0, 0.1) is 6.92 Å². The van der Waals surface area contributed by atoms with Gasteiger partial charge in [0, 0.05) is 11.6 Å². The molecular formula is C23H24N2. The maximum absolute atomic E-state index is 5.06. The number of hydrogen-bond acceptors (Lipinski definition) is 1. The Labute approximate surface area is 148 Å². The van der Waals surface area contributed by atoms with Gasteiger partial charge in [0.2, 0.25) is 0 Å². The fraction of sp³-hybridized carbons (Fsp3) is 0.348. The second-order valence-electron chi connectivity index (χ2n) is 8.96. The van der Waals surface area contributed by atoms with Gasteiger partial charge in [0.05, 0.1) is 11.0 Å². The number of aryl methyl sites for hydroxylation is 1. The maximum Gasteiger partial charge on any atom is 0.145 e. The van der Waals surface area contributed by atoms with Gasteiger partial charge < -0.3 is 0 Å². The van der Waals surface area contributed by atoms with E-state index in [9.17, 15) is 0 Å². The first-order valence-corrected chi connectivity index (χ1v) is 9.14. The molecule has 25 heavy (non-hydrogen) atoms. The van der Waals surface area contributed by atoms with E-state index in [1.54, 1.807) is 0 Å². The van der Waals surface area contributed by atoms with Gasteiger partial charge in [-0.3, -0.25) is 4.40 Å². The van der Waals surface area contributed by atoms with E-state index in [1.165, 1.54) is 39.4 Å². The van der Waals surface area contributed by atoms with Crippen LogP contribution >= 0.6 is 0 Å². The average molecular weight is 328 g/mol. The van der Waals surface area contributed by atoms with Crippen molar-refractivity contribution in [2.24, 2.45) is 0 Å². The number of pyridine rings is 1. The molecule has 4 aromatic rings. The highest BCUT2D eigenvalue weighted by molar-refractivity contribution is 5.99. The molecule has 0 bridgehead atoms. The van der Waals surface area contributed by atoms with Gasteiger partial charge in [-0.25, -0.2) is 4.98 Å². The summed E-state index contributed by atoms with van der Waals surface area (Å²) >= 11 is 0. The minimum atomic E-state index is 0.157. The summed E-state index contributed by atoms with van der Waals surface area (Å²) in [6.45, 7) is 11.8. The van der Waals surface area contributed by atoms with Crippen molar-refractivity contribution in [1.82, 2.24) is 9.38 Å². The summed E-state index contributed by atoms with van der Waals surface area (Å²) in [5.41, 5.74) is 8.26. The van der Waals surface area contributed by atoms with Gasteiger partial charge in [-0.1, -0.05) is 52.0 Å². The third-order valence-corrected chi connectivity index (χ3v) is 6.01. The zero-order valence-corrected chi connectivity index (χ0v) is 15.6. The maximum atomic E-state index is 5.06. The number of nitrogens with zero attached hydrogens (tertiary/aromatic N) is 2. The van der Waals surface area contributed by atoms with Gasteiger partial charge in [0.25, 0.3) is 0 Å².